The van der Waals surface area contributed by atoms with Gasteiger partial charge in [-0.15, -0.1) is 0 Å². The fraction of sp³-hybridized carbons (Fsp3) is 0.611. The summed E-state index contributed by atoms with van der Waals surface area (Å²) in [6, 6.07) is 4.94. The van der Waals surface area contributed by atoms with Crippen molar-refractivity contribution in [1.29, 1.82) is 0 Å². The Morgan fingerprint density at radius 3 is 2.58 bits per heavy atom. The Morgan fingerprint density at radius 2 is 1.96 bits per heavy atom. The number of carbonyl (C=O) groups is 1. The van der Waals surface area contributed by atoms with Gasteiger partial charge in [0, 0.05) is 11.6 Å². The first-order valence-corrected chi connectivity index (χ1v) is 11.2. The van der Waals surface area contributed by atoms with Gasteiger partial charge in [-0.2, -0.15) is 0 Å². The number of halogens is 1. The van der Waals surface area contributed by atoms with Crippen molar-refractivity contribution in [2.45, 2.75) is 32.6 Å². The summed E-state index contributed by atoms with van der Waals surface area (Å²) in [5, 5.41) is 3.36. The van der Waals surface area contributed by atoms with Crippen LogP contribution >= 0.6 is 11.6 Å². The summed E-state index contributed by atoms with van der Waals surface area (Å²) in [4.78, 5) is 14.7. The Bertz CT molecular complexity index is 718. The Kier molecular flexibility index (Phi) is 7.73. The molecule has 2 rings (SSSR count). The molecule has 1 aromatic rings. The van der Waals surface area contributed by atoms with Gasteiger partial charge in [0.25, 0.3) is 0 Å². The Labute approximate surface area is 161 Å². The normalized spacial score (nSPS) is 15.7. The molecule has 1 fully saturated rings. The minimum atomic E-state index is -3.57. The molecule has 8 heteroatoms. The fourth-order valence-corrected chi connectivity index (χ4v) is 4.32. The lowest BCUT2D eigenvalue weighted by Crippen LogP contribution is -2.41. The van der Waals surface area contributed by atoms with Gasteiger partial charge in [-0.1, -0.05) is 18.0 Å². The van der Waals surface area contributed by atoms with Gasteiger partial charge in [0.1, 0.15) is 6.54 Å². The van der Waals surface area contributed by atoms with Crippen molar-refractivity contribution in [3.63, 3.8) is 0 Å². The van der Waals surface area contributed by atoms with E-state index in [1.165, 1.54) is 19.3 Å². The van der Waals surface area contributed by atoms with Crippen LogP contribution in [0.3, 0.4) is 0 Å². The van der Waals surface area contributed by atoms with E-state index in [0.717, 1.165) is 36.6 Å². The largest absolute Gasteiger partial charge is 0.354 e. The Balaban J connectivity index is 1.88. The van der Waals surface area contributed by atoms with Crippen LogP contribution in [0.5, 0.6) is 0 Å². The summed E-state index contributed by atoms with van der Waals surface area (Å²) < 4.78 is 25.4. The number of nitrogens with one attached hydrogen (secondary N) is 1. The summed E-state index contributed by atoms with van der Waals surface area (Å²) in [6.45, 7) is 5.32. The van der Waals surface area contributed by atoms with Crippen molar-refractivity contribution in [2.75, 3.05) is 43.3 Å². The molecule has 26 heavy (non-hydrogen) atoms. The van der Waals surface area contributed by atoms with E-state index >= 15 is 0 Å². The van der Waals surface area contributed by atoms with Crippen molar-refractivity contribution in [3.8, 4) is 0 Å². The Morgan fingerprint density at radius 1 is 1.27 bits per heavy atom. The van der Waals surface area contributed by atoms with Crippen molar-refractivity contribution >= 4 is 33.2 Å². The molecule has 1 aromatic carbocycles. The average Bonchev–Trinajstić information content (AvgIpc) is 2.57. The maximum atomic E-state index is 12.2. The Hall–Kier alpha value is -1.31. The second-order valence-electron chi connectivity index (χ2n) is 6.81. The third-order valence-corrected chi connectivity index (χ3v) is 5.90. The number of hydrogen-bond acceptors (Lipinski definition) is 4. The first-order chi connectivity index (χ1) is 12.3. The molecule has 6 nitrogen and oxygen atoms in total. The molecule has 0 unspecified atom stereocenters. The van der Waals surface area contributed by atoms with Crippen molar-refractivity contribution in [3.05, 3.63) is 28.8 Å². The van der Waals surface area contributed by atoms with Crippen molar-refractivity contribution < 1.29 is 13.2 Å². The number of rotatable bonds is 8. The summed E-state index contributed by atoms with van der Waals surface area (Å²) in [5.41, 5.74) is 1.18. The number of likely N-dealkylation sites (tertiary alicyclic amines) is 1. The van der Waals surface area contributed by atoms with Gasteiger partial charge in [-0.3, -0.25) is 9.10 Å². The number of piperidine rings is 1. The van der Waals surface area contributed by atoms with Crippen molar-refractivity contribution in [2.24, 2.45) is 0 Å². The fourth-order valence-electron chi connectivity index (χ4n) is 3.18. The summed E-state index contributed by atoms with van der Waals surface area (Å²) in [6.07, 6.45) is 5.76. The van der Waals surface area contributed by atoms with Crippen molar-refractivity contribution in [1.82, 2.24) is 10.2 Å². The van der Waals surface area contributed by atoms with Crippen LogP contribution < -0.4 is 9.62 Å². The van der Waals surface area contributed by atoms with Gasteiger partial charge in [-0.25, -0.2) is 8.42 Å². The third-order valence-electron chi connectivity index (χ3n) is 4.54. The summed E-state index contributed by atoms with van der Waals surface area (Å²) in [5.74, 6) is -0.302. The lowest BCUT2D eigenvalue weighted by atomic mass is 10.1. The maximum absolute atomic E-state index is 12.2. The highest BCUT2D eigenvalue weighted by atomic mass is 35.5. The van der Waals surface area contributed by atoms with Crippen LogP contribution in [0.4, 0.5) is 5.69 Å². The zero-order valence-electron chi connectivity index (χ0n) is 15.5. The van der Waals surface area contributed by atoms with Gasteiger partial charge in [0.2, 0.25) is 15.9 Å². The molecule has 1 heterocycles. The highest BCUT2D eigenvalue weighted by Crippen LogP contribution is 2.25. The van der Waals surface area contributed by atoms with Crippen LogP contribution in [0.1, 0.15) is 31.2 Å². The topological polar surface area (TPSA) is 69.7 Å². The molecule has 1 saturated heterocycles. The number of nitrogens with zero attached hydrogens (tertiary/aromatic N) is 2. The molecule has 0 spiro atoms. The zero-order chi connectivity index (χ0) is 19.2. The molecule has 1 amide bonds. The highest BCUT2D eigenvalue weighted by molar-refractivity contribution is 7.92. The third kappa shape index (κ3) is 6.45. The minimum Gasteiger partial charge on any atom is -0.354 e. The molecule has 0 aromatic heterocycles. The second kappa shape index (κ2) is 9.58. The molecule has 0 saturated carbocycles. The highest BCUT2D eigenvalue weighted by Gasteiger charge is 2.22. The molecule has 0 aliphatic carbocycles. The van der Waals surface area contributed by atoms with E-state index in [0.29, 0.717) is 22.8 Å². The van der Waals surface area contributed by atoms with Crippen LogP contribution in [0.25, 0.3) is 0 Å². The molecule has 146 valence electrons. The lowest BCUT2D eigenvalue weighted by molar-refractivity contribution is -0.119. The standard InChI is InChI=1S/C18H28ClN3O3S/c1-15-13-16(19)7-8-17(15)22(26(2,24)25)14-18(23)20-9-6-12-21-10-4-3-5-11-21/h7-8,13H,3-6,9-12,14H2,1-2H3,(H,20,23). The number of benzene rings is 1. The number of hydrogen-bond donors (Lipinski definition) is 1. The van der Waals surface area contributed by atoms with E-state index in [9.17, 15) is 13.2 Å². The lowest BCUT2D eigenvalue weighted by Gasteiger charge is -2.26. The van der Waals surface area contributed by atoms with Crippen LogP contribution in [0, 0.1) is 6.92 Å². The molecule has 1 aliphatic rings. The van der Waals surface area contributed by atoms with Crippen LogP contribution in [0.2, 0.25) is 5.02 Å². The van der Waals surface area contributed by atoms with E-state index in [1.807, 2.05) is 0 Å². The van der Waals surface area contributed by atoms with E-state index < -0.39 is 10.0 Å². The van der Waals surface area contributed by atoms with Gasteiger partial charge in [0.05, 0.1) is 11.9 Å². The molecular formula is C18H28ClN3O3S. The molecule has 0 atom stereocenters. The van der Waals surface area contributed by atoms with Crippen LogP contribution in [-0.4, -0.2) is 58.2 Å². The van der Waals surface area contributed by atoms with Gasteiger partial charge < -0.3 is 10.2 Å². The molecular weight excluding hydrogens is 374 g/mol. The van der Waals surface area contributed by atoms with Crippen LogP contribution in [0.15, 0.2) is 18.2 Å². The monoisotopic (exact) mass is 401 g/mol. The number of sulfonamides is 1. The van der Waals surface area contributed by atoms with E-state index in [1.54, 1.807) is 25.1 Å². The summed E-state index contributed by atoms with van der Waals surface area (Å²) >= 11 is 5.94. The first-order valence-electron chi connectivity index (χ1n) is 9.00. The number of amides is 1. The molecule has 0 bridgehead atoms. The predicted molar refractivity (Wildman–Crippen MR) is 106 cm³/mol. The first kappa shape index (κ1) is 21.0. The molecule has 1 N–H and O–H groups in total. The van der Waals surface area contributed by atoms with Gasteiger partial charge in [0.15, 0.2) is 0 Å². The van der Waals surface area contributed by atoms with Gasteiger partial charge in [-0.05, 0) is 69.6 Å². The smallest absolute Gasteiger partial charge is 0.240 e. The zero-order valence-corrected chi connectivity index (χ0v) is 17.1. The maximum Gasteiger partial charge on any atom is 0.240 e. The molecule has 1 aliphatic heterocycles. The van der Waals surface area contributed by atoms with E-state index in [2.05, 4.69) is 10.2 Å². The second-order valence-corrected chi connectivity index (χ2v) is 9.15. The quantitative estimate of drug-likeness (QED) is 0.679. The minimum absolute atomic E-state index is 0.231. The number of carbonyl (C=O) groups excluding carboxylic acids is 1. The van der Waals surface area contributed by atoms with Gasteiger partial charge >= 0.3 is 0 Å². The molecule has 0 radical (unpaired) electrons. The van der Waals surface area contributed by atoms with E-state index in [-0.39, 0.29) is 12.5 Å². The van der Waals surface area contributed by atoms with Crippen LogP contribution in [-0.2, 0) is 14.8 Å². The summed E-state index contributed by atoms with van der Waals surface area (Å²) in [7, 11) is -3.57. The SMILES string of the molecule is Cc1cc(Cl)ccc1N(CC(=O)NCCCN1CCCCC1)S(C)(=O)=O. The number of aryl methyl sites for hydroxylation is 1. The predicted octanol–water partition coefficient (Wildman–Crippen LogP) is 2.41. The average molecular weight is 402 g/mol. The van der Waals surface area contributed by atoms with E-state index in [4.69, 9.17) is 11.6 Å². The number of anilines is 1.